The van der Waals surface area contributed by atoms with Crippen LogP contribution in [0, 0.1) is 28.6 Å². The van der Waals surface area contributed by atoms with Gasteiger partial charge in [0.1, 0.15) is 5.60 Å². The van der Waals surface area contributed by atoms with Gasteiger partial charge in [-0.1, -0.05) is 18.2 Å². The van der Waals surface area contributed by atoms with E-state index in [0.29, 0.717) is 12.8 Å². The quantitative estimate of drug-likeness (QED) is 0.583. The van der Waals surface area contributed by atoms with Gasteiger partial charge in [0.05, 0.1) is 24.5 Å². The molecule has 5 rings (SSSR count). The van der Waals surface area contributed by atoms with Crippen molar-refractivity contribution in [3.05, 3.63) is 23.8 Å². The van der Waals surface area contributed by atoms with Gasteiger partial charge in [-0.3, -0.25) is 9.59 Å². The average molecular weight is 344 g/mol. The Morgan fingerprint density at radius 1 is 1.44 bits per heavy atom. The molecule has 0 unspecified atom stereocenters. The number of fused-ring (bicyclic) bond motifs is 1. The normalized spacial score (nSPS) is 52.4. The molecule has 1 heterocycles. The molecule has 1 saturated heterocycles. The second-order valence-corrected chi connectivity index (χ2v) is 8.90. The summed E-state index contributed by atoms with van der Waals surface area (Å²) in [6.07, 6.45) is 4.99. The largest absolute Gasteiger partial charge is 0.469 e. The van der Waals surface area contributed by atoms with Crippen molar-refractivity contribution >= 4 is 11.9 Å². The van der Waals surface area contributed by atoms with Gasteiger partial charge in [0, 0.05) is 17.3 Å². The molecule has 4 fully saturated rings. The van der Waals surface area contributed by atoms with Crippen molar-refractivity contribution in [1.29, 1.82) is 0 Å². The summed E-state index contributed by atoms with van der Waals surface area (Å²) in [5, 5.41) is 10.6. The van der Waals surface area contributed by atoms with E-state index in [9.17, 15) is 14.7 Å². The Bertz CT molecular complexity index is 753. The number of aliphatic hydroxyl groups excluding tert-OH is 1. The monoisotopic (exact) mass is 344 g/mol. The van der Waals surface area contributed by atoms with Crippen LogP contribution in [0.1, 0.15) is 39.0 Å². The molecule has 1 aliphatic heterocycles. The Labute approximate surface area is 147 Å². The van der Waals surface area contributed by atoms with Crippen molar-refractivity contribution in [2.75, 3.05) is 7.11 Å². The Hall–Kier alpha value is -1.62. The van der Waals surface area contributed by atoms with Crippen LogP contribution in [0.4, 0.5) is 0 Å². The molecule has 0 aromatic heterocycles. The summed E-state index contributed by atoms with van der Waals surface area (Å²) < 4.78 is 11.3. The summed E-state index contributed by atoms with van der Waals surface area (Å²) in [6.45, 7) is 6.13. The lowest BCUT2D eigenvalue weighted by Crippen LogP contribution is -2.46. The first-order valence-corrected chi connectivity index (χ1v) is 9.20. The first-order chi connectivity index (χ1) is 11.8. The lowest BCUT2D eigenvalue weighted by atomic mass is 9.60. The van der Waals surface area contributed by atoms with Gasteiger partial charge in [0.2, 0.25) is 0 Å². The number of aliphatic hydroxyl groups is 1. The highest BCUT2D eigenvalue weighted by Gasteiger charge is 2.80. The first-order valence-electron chi connectivity index (χ1n) is 9.20. The standard InChI is InChI=1S/C20H24O5/c1-10-8-19-9-11(10)12(21)7-13(19)20-6-4-5-18(2,17(23)25-20)15(20)14(19)16(22)24-3/h7,11-12,14-15,21H,1,4-6,8-9H2,2-3H3/t11-,12+,14-,15-,18-,19+,20-/m1/s1. The maximum Gasteiger partial charge on any atom is 0.313 e. The number of hydrogen-bond acceptors (Lipinski definition) is 5. The first kappa shape index (κ1) is 15.6. The van der Waals surface area contributed by atoms with Crippen molar-refractivity contribution in [1.82, 2.24) is 0 Å². The Morgan fingerprint density at radius 2 is 2.20 bits per heavy atom. The molecule has 4 aliphatic carbocycles. The van der Waals surface area contributed by atoms with Gasteiger partial charge >= 0.3 is 11.9 Å². The van der Waals surface area contributed by atoms with E-state index < -0.39 is 28.5 Å². The van der Waals surface area contributed by atoms with E-state index in [0.717, 1.165) is 30.4 Å². The zero-order valence-electron chi connectivity index (χ0n) is 14.7. The summed E-state index contributed by atoms with van der Waals surface area (Å²) in [5.41, 5.74) is 0.147. The fraction of sp³-hybridized carbons (Fsp3) is 0.700. The highest BCUT2D eigenvalue weighted by Crippen LogP contribution is 2.76. The van der Waals surface area contributed by atoms with E-state index in [1.165, 1.54) is 7.11 Å². The van der Waals surface area contributed by atoms with Gasteiger partial charge in [-0.25, -0.2) is 0 Å². The number of ether oxygens (including phenoxy) is 2. The van der Waals surface area contributed by atoms with E-state index in [1.54, 1.807) is 0 Å². The summed E-state index contributed by atoms with van der Waals surface area (Å²) in [6, 6.07) is 0. The fourth-order valence-electron chi connectivity index (χ4n) is 7.10. The molecular weight excluding hydrogens is 320 g/mol. The molecule has 1 spiro atoms. The molecule has 0 aromatic carbocycles. The predicted octanol–water partition coefficient (Wildman–Crippen LogP) is 2.14. The number of methoxy groups -OCH3 is 1. The van der Waals surface area contributed by atoms with Crippen LogP contribution >= 0.6 is 0 Å². The molecule has 0 aromatic rings. The van der Waals surface area contributed by atoms with Crippen LogP contribution in [-0.4, -0.2) is 35.9 Å². The highest BCUT2D eigenvalue weighted by molar-refractivity contribution is 5.87. The zero-order valence-corrected chi connectivity index (χ0v) is 14.7. The summed E-state index contributed by atoms with van der Waals surface area (Å²) >= 11 is 0. The van der Waals surface area contributed by atoms with Gasteiger partial charge in [0.25, 0.3) is 0 Å². The van der Waals surface area contributed by atoms with Crippen molar-refractivity contribution in [3.63, 3.8) is 0 Å². The lowest BCUT2D eigenvalue weighted by Gasteiger charge is -2.39. The molecule has 134 valence electrons. The second kappa shape index (κ2) is 4.37. The number of esters is 2. The zero-order chi connectivity index (χ0) is 17.8. The maximum absolute atomic E-state index is 13.0. The number of hydrogen-bond donors (Lipinski definition) is 1. The summed E-state index contributed by atoms with van der Waals surface area (Å²) in [4.78, 5) is 25.7. The molecule has 5 nitrogen and oxygen atoms in total. The van der Waals surface area contributed by atoms with Crippen molar-refractivity contribution in [3.8, 4) is 0 Å². The topological polar surface area (TPSA) is 72.8 Å². The number of rotatable bonds is 1. The Morgan fingerprint density at radius 3 is 2.92 bits per heavy atom. The molecule has 0 radical (unpaired) electrons. The molecule has 3 saturated carbocycles. The molecule has 1 N–H and O–H groups in total. The average Bonchev–Trinajstić information content (AvgIpc) is 3.03. The summed E-state index contributed by atoms with van der Waals surface area (Å²) in [7, 11) is 1.42. The van der Waals surface area contributed by atoms with Gasteiger partial charge < -0.3 is 14.6 Å². The number of carbonyl (C=O) groups excluding carboxylic acids is 2. The molecule has 4 bridgehead atoms. The smallest absolute Gasteiger partial charge is 0.313 e. The second-order valence-electron chi connectivity index (χ2n) is 8.90. The maximum atomic E-state index is 13.0. The summed E-state index contributed by atoms with van der Waals surface area (Å²) in [5.74, 6) is -1.09. The Balaban J connectivity index is 1.80. The molecule has 0 amide bonds. The van der Waals surface area contributed by atoms with Gasteiger partial charge in [-0.2, -0.15) is 0 Å². The minimum absolute atomic E-state index is 0.0190. The molecular formula is C20H24O5. The van der Waals surface area contributed by atoms with E-state index in [1.807, 2.05) is 13.0 Å². The van der Waals surface area contributed by atoms with Crippen LogP contribution in [0.3, 0.4) is 0 Å². The van der Waals surface area contributed by atoms with Crippen LogP contribution in [0.5, 0.6) is 0 Å². The van der Waals surface area contributed by atoms with Crippen LogP contribution in [0.2, 0.25) is 0 Å². The van der Waals surface area contributed by atoms with Crippen molar-refractivity contribution in [2.24, 2.45) is 28.6 Å². The van der Waals surface area contributed by atoms with Gasteiger partial charge in [-0.05, 0) is 44.6 Å². The lowest BCUT2D eigenvalue weighted by molar-refractivity contribution is -0.154. The van der Waals surface area contributed by atoms with Crippen LogP contribution in [0.15, 0.2) is 23.8 Å². The highest BCUT2D eigenvalue weighted by atomic mass is 16.6. The van der Waals surface area contributed by atoms with E-state index >= 15 is 0 Å². The van der Waals surface area contributed by atoms with E-state index in [4.69, 9.17) is 9.47 Å². The third kappa shape index (κ3) is 1.48. The van der Waals surface area contributed by atoms with E-state index in [2.05, 4.69) is 6.58 Å². The van der Waals surface area contributed by atoms with Crippen molar-refractivity contribution < 1.29 is 24.2 Å². The van der Waals surface area contributed by atoms with Crippen LogP contribution < -0.4 is 0 Å². The predicted molar refractivity (Wildman–Crippen MR) is 88.2 cm³/mol. The molecule has 5 aliphatic rings. The molecule has 5 heteroatoms. The van der Waals surface area contributed by atoms with Gasteiger partial charge in [-0.15, -0.1) is 0 Å². The van der Waals surface area contributed by atoms with Crippen LogP contribution in [0.25, 0.3) is 0 Å². The van der Waals surface area contributed by atoms with E-state index in [-0.39, 0.29) is 23.8 Å². The minimum Gasteiger partial charge on any atom is -0.469 e. The molecule has 25 heavy (non-hydrogen) atoms. The number of carbonyl (C=O) groups is 2. The SMILES string of the molecule is C=C1C[C@]23C[C@H]1[C@@H](O)C=C2[C@@]12CCC[C@@](C)(C(=O)O1)[C@H]2[C@@H]3C(=O)OC. The third-order valence-corrected chi connectivity index (χ3v) is 7.95. The fourth-order valence-corrected chi connectivity index (χ4v) is 7.10. The third-order valence-electron chi connectivity index (χ3n) is 7.95. The van der Waals surface area contributed by atoms with Crippen molar-refractivity contribution in [2.45, 2.75) is 50.7 Å². The van der Waals surface area contributed by atoms with Crippen LogP contribution in [-0.2, 0) is 19.1 Å². The minimum atomic E-state index is -0.750. The van der Waals surface area contributed by atoms with Gasteiger partial charge in [0.15, 0.2) is 0 Å². The molecule has 7 atom stereocenters. The Kier molecular flexibility index (Phi) is 2.73.